The maximum atomic E-state index is 5.94. The molecular weight excluding hydrogens is 326 g/mol. The number of halogens is 1. The largest absolute Gasteiger partial charge is 0.457 e. The molecule has 0 saturated carbocycles. The minimum Gasteiger partial charge on any atom is -0.457 e. The van der Waals surface area contributed by atoms with Crippen LogP contribution in [0.1, 0.15) is 31.9 Å². The van der Waals surface area contributed by atoms with Gasteiger partial charge >= 0.3 is 0 Å². The second-order valence-electron chi connectivity index (χ2n) is 6.22. The number of ether oxygens (including phenoxy) is 1. The lowest BCUT2D eigenvalue weighted by Gasteiger charge is -2.21. The van der Waals surface area contributed by atoms with Gasteiger partial charge in [-0.2, -0.15) is 0 Å². The molecule has 2 aromatic rings. The topological polar surface area (TPSA) is 21.3 Å². The van der Waals surface area contributed by atoms with Crippen LogP contribution in [-0.4, -0.2) is 5.54 Å². The Morgan fingerprint density at radius 1 is 1.10 bits per heavy atom. The molecular formula is C18H22BrNO. The van der Waals surface area contributed by atoms with Crippen molar-refractivity contribution in [2.24, 2.45) is 0 Å². The summed E-state index contributed by atoms with van der Waals surface area (Å²) >= 11 is 3.63. The Morgan fingerprint density at radius 2 is 1.81 bits per heavy atom. The molecule has 0 heterocycles. The third-order valence-electron chi connectivity index (χ3n) is 3.16. The van der Waals surface area contributed by atoms with Gasteiger partial charge in [-0.3, -0.25) is 0 Å². The summed E-state index contributed by atoms with van der Waals surface area (Å²) < 4.78 is 7.00. The standard InChI is InChI=1S/C18H22BrNO/c1-13-7-5-6-8-17(13)21-15-10-9-14(16(19)11-15)12-20-18(2,3)4/h5-11,20H,12H2,1-4H3. The summed E-state index contributed by atoms with van der Waals surface area (Å²) in [7, 11) is 0. The van der Waals surface area contributed by atoms with E-state index in [1.165, 1.54) is 5.56 Å². The first-order chi connectivity index (χ1) is 9.85. The van der Waals surface area contributed by atoms with E-state index in [2.05, 4.69) is 48.1 Å². The molecule has 2 nitrogen and oxygen atoms in total. The zero-order valence-electron chi connectivity index (χ0n) is 13.0. The zero-order chi connectivity index (χ0) is 15.5. The molecule has 0 unspecified atom stereocenters. The van der Waals surface area contributed by atoms with E-state index >= 15 is 0 Å². The molecule has 0 aromatic heterocycles. The molecule has 0 aliphatic rings. The Morgan fingerprint density at radius 3 is 2.43 bits per heavy atom. The molecule has 0 spiro atoms. The van der Waals surface area contributed by atoms with Crippen molar-refractivity contribution in [3.8, 4) is 11.5 Å². The van der Waals surface area contributed by atoms with Gasteiger partial charge < -0.3 is 10.1 Å². The maximum Gasteiger partial charge on any atom is 0.130 e. The second kappa shape index (κ2) is 6.63. The molecule has 0 saturated heterocycles. The average molecular weight is 348 g/mol. The molecule has 0 atom stereocenters. The van der Waals surface area contributed by atoms with Crippen LogP contribution < -0.4 is 10.1 Å². The van der Waals surface area contributed by atoms with Crippen LogP contribution in [0.4, 0.5) is 0 Å². The summed E-state index contributed by atoms with van der Waals surface area (Å²) in [6.07, 6.45) is 0. The Labute approximate surface area is 135 Å². The molecule has 2 rings (SSSR count). The first-order valence-electron chi connectivity index (χ1n) is 7.12. The molecule has 1 N–H and O–H groups in total. The van der Waals surface area contributed by atoms with Crippen molar-refractivity contribution in [2.75, 3.05) is 0 Å². The summed E-state index contributed by atoms with van der Waals surface area (Å²) in [4.78, 5) is 0. The van der Waals surface area contributed by atoms with Crippen LogP contribution in [0.5, 0.6) is 11.5 Å². The van der Waals surface area contributed by atoms with Gasteiger partial charge in [0.1, 0.15) is 11.5 Å². The lowest BCUT2D eigenvalue weighted by atomic mass is 10.1. The van der Waals surface area contributed by atoms with Gasteiger partial charge in [-0.05, 0) is 57.0 Å². The highest BCUT2D eigenvalue weighted by molar-refractivity contribution is 9.10. The van der Waals surface area contributed by atoms with Crippen LogP contribution in [-0.2, 0) is 6.54 Å². The van der Waals surface area contributed by atoms with Gasteiger partial charge in [-0.15, -0.1) is 0 Å². The predicted molar refractivity (Wildman–Crippen MR) is 92.0 cm³/mol. The summed E-state index contributed by atoms with van der Waals surface area (Å²) in [6.45, 7) is 9.37. The van der Waals surface area contributed by atoms with Gasteiger partial charge in [-0.1, -0.05) is 40.2 Å². The van der Waals surface area contributed by atoms with Crippen molar-refractivity contribution in [3.63, 3.8) is 0 Å². The smallest absolute Gasteiger partial charge is 0.130 e. The van der Waals surface area contributed by atoms with Crippen molar-refractivity contribution in [1.82, 2.24) is 5.32 Å². The highest BCUT2D eigenvalue weighted by Crippen LogP contribution is 2.29. The third kappa shape index (κ3) is 4.87. The first kappa shape index (κ1) is 16.1. The number of aryl methyl sites for hydroxylation is 1. The van der Waals surface area contributed by atoms with E-state index in [1.54, 1.807) is 0 Å². The van der Waals surface area contributed by atoms with Gasteiger partial charge in [0, 0.05) is 16.6 Å². The summed E-state index contributed by atoms with van der Waals surface area (Å²) in [5.74, 6) is 1.74. The van der Waals surface area contributed by atoms with Crippen molar-refractivity contribution in [2.45, 2.75) is 39.8 Å². The van der Waals surface area contributed by atoms with E-state index in [0.717, 1.165) is 28.1 Å². The Hall–Kier alpha value is -1.32. The number of rotatable bonds is 4. The van der Waals surface area contributed by atoms with Crippen molar-refractivity contribution < 1.29 is 4.74 Å². The fraction of sp³-hybridized carbons (Fsp3) is 0.333. The fourth-order valence-corrected chi connectivity index (χ4v) is 2.39. The van der Waals surface area contributed by atoms with Gasteiger partial charge in [0.25, 0.3) is 0 Å². The normalized spacial score (nSPS) is 11.5. The maximum absolute atomic E-state index is 5.94. The van der Waals surface area contributed by atoms with Gasteiger partial charge in [-0.25, -0.2) is 0 Å². The Bertz CT molecular complexity index is 617. The van der Waals surface area contributed by atoms with E-state index in [9.17, 15) is 0 Å². The summed E-state index contributed by atoms with van der Waals surface area (Å²) in [6, 6.07) is 14.2. The fourth-order valence-electron chi connectivity index (χ4n) is 1.89. The van der Waals surface area contributed by atoms with Crippen molar-refractivity contribution in [1.29, 1.82) is 0 Å². The zero-order valence-corrected chi connectivity index (χ0v) is 14.6. The molecule has 0 amide bonds. The Kier molecular flexibility index (Phi) is 5.07. The summed E-state index contributed by atoms with van der Waals surface area (Å²) in [5.41, 5.74) is 2.46. The molecule has 0 radical (unpaired) electrons. The molecule has 0 bridgehead atoms. The van der Waals surface area contributed by atoms with Crippen LogP contribution in [0.25, 0.3) is 0 Å². The van der Waals surface area contributed by atoms with Gasteiger partial charge in [0.2, 0.25) is 0 Å². The van der Waals surface area contributed by atoms with E-state index < -0.39 is 0 Å². The SMILES string of the molecule is Cc1ccccc1Oc1ccc(CNC(C)(C)C)c(Br)c1. The minimum atomic E-state index is 0.107. The molecule has 3 heteroatoms. The van der Waals surface area contributed by atoms with Crippen LogP contribution in [0, 0.1) is 6.92 Å². The highest BCUT2D eigenvalue weighted by Gasteiger charge is 2.10. The van der Waals surface area contributed by atoms with Crippen molar-refractivity contribution in [3.05, 3.63) is 58.1 Å². The van der Waals surface area contributed by atoms with Crippen molar-refractivity contribution >= 4 is 15.9 Å². The number of benzene rings is 2. The van der Waals surface area contributed by atoms with Crippen LogP contribution >= 0.6 is 15.9 Å². The first-order valence-corrected chi connectivity index (χ1v) is 7.91. The van der Waals surface area contributed by atoms with E-state index in [1.807, 2.05) is 43.3 Å². The molecule has 0 aliphatic carbocycles. The van der Waals surface area contributed by atoms with E-state index in [4.69, 9.17) is 4.74 Å². The number of hydrogen-bond donors (Lipinski definition) is 1. The van der Waals surface area contributed by atoms with Gasteiger partial charge in [0.15, 0.2) is 0 Å². The Balaban J connectivity index is 2.10. The minimum absolute atomic E-state index is 0.107. The van der Waals surface area contributed by atoms with Gasteiger partial charge in [0.05, 0.1) is 0 Å². The molecule has 21 heavy (non-hydrogen) atoms. The lowest BCUT2D eigenvalue weighted by molar-refractivity contribution is 0.423. The summed E-state index contributed by atoms with van der Waals surface area (Å²) in [5, 5.41) is 3.49. The van der Waals surface area contributed by atoms with Crippen LogP contribution in [0.3, 0.4) is 0 Å². The van der Waals surface area contributed by atoms with Crippen LogP contribution in [0.15, 0.2) is 46.9 Å². The monoisotopic (exact) mass is 347 g/mol. The molecule has 2 aromatic carbocycles. The van der Waals surface area contributed by atoms with E-state index in [0.29, 0.717) is 0 Å². The number of nitrogens with one attached hydrogen (secondary N) is 1. The number of para-hydroxylation sites is 1. The molecule has 0 fully saturated rings. The van der Waals surface area contributed by atoms with E-state index in [-0.39, 0.29) is 5.54 Å². The number of hydrogen-bond acceptors (Lipinski definition) is 2. The second-order valence-corrected chi connectivity index (χ2v) is 7.08. The lowest BCUT2D eigenvalue weighted by Crippen LogP contribution is -2.35. The third-order valence-corrected chi connectivity index (χ3v) is 3.89. The quantitative estimate of drug-likeness (QED) is 0.795. The average Bonchev–Trinajstić information content (AvgIpc) is 2.39. The highest BCUT2D eigenvalue weighted by atomic mass is 79.9. The van der Waals surface area contributed by atoms with Crippen LogP contribution in [0.2, 0.25) is 0 Å². The molecule has 112 valence electrons. The predicted octanol–water partition coefficient (Wildman–Crippen LogP) is 5.44. The molecule has 0 aliphatic heterocycles.